The number of hydrogen-bond acceptors (Lipinski definition) is 5. The fraction of sp³-hybridized carbons (Fsp3) is 0.231. The first kappa shape index (κ1) is 21.3. The summed E-state index contributed by atoms with van der Waals surface area (Å²) in [6.45, 7) is 5.41. The Morgan fingerprint density at radius 2 is 1.91 bits per heavy atom. The normalized spacial score (nSPS) is 15.7. The van der Waals surface area contributed by atoms with E-state index in [1.165, 1.54) is 11.1 Å². The maximum Gasteiger partial charge on any atom is 0.295 e. The summed E-state index contributed by atoms with van der Waals surface area (Å²) in [5, 5.41) is 7.39. The molecule has 6 nitrogen and oxygen atoms in total. The van der Waals surface area contributed by atoms with E-state index in [1.54, 1.807) is 12.1 Å². The fourth-order valence-corrected chi connectivity index (χ4v) is 4.34. The molecule has 2 N–H and O–H groups in total. The molecule has 1 atom stereocenters. The Balaban J connectivity index is 1.30. The zero-order valence-electron chi connectivity index (χ0n) is 18.6. The van der Waals surface area contributed by atoms with Crippen LogP contribution >= 0.6 is 11.6 Å². The van der Waals surface area contributed by atoms with Crippen molar-refractivity contribution in [1.29, 1.82) is 0 Å². The predicted octanol–water partition coefficient (Wildman–Crippen LogP) is 6.17. The molecular weight excluding hydrogens is 436 g/mol. The molecule has 168 valence electrons. The van der Waals surface area contributed by atoms with E-state index in [1.807, 2.05) is 47.4 Å². The summed E-state index contributed by atoms with van der Waals surface area (Å²) in [6.07, 6.45) is 0.817. The zero-order chi connectivity index (χ0) is 22.9. The molecule has 33 heavy (non-hydrogen) atoms. The Morgan fingerprint density at radius 1 is 1.09 bits per heavy atom. The number of nitrogens with one attached hydrogen (secondary N) is 2. The number of carbonyl (C=O) groups excluding carboxylic acids is 1. The number of para-hydroxylation sites is 1. The van der Waals surface area contributed by atoms with Crippen molar-refractivity contribution in [3.05, 3.63) is 82.4 Å². The average Bonchev–Trinajstić information content (AvgIpc) is 3.43. The summed E-state index contributed by atoms with van der Waals surface area (Å²) in [5.41, 5.74) is 6.25. The van der Waals surface area contributed by atoms with Gasteiger partial charge in [0.2, 0.25) is 0 Å². The smallest absolute Gasteiger partial charge is 0.295 e. The van der Waals surface area contributed by atoms with Gasteiger partial charge in [0, 0.05) is 35.9 Å². The molecule has 5 rings (SSSR count). The van der Waals surface area contributed by atoms with E-state index in [0.29, 0.717) is 35.3 Å². The molecule has 1 fully saturated rings. The van der Waals surface area contributed by atoms with Gasteiger partial charge in [-0.1, -0.05) is 35.9 Å². The van der Waals surface area contributed by atoms with Crippen molar-refractivity contribution < 1.29 is 9.21 Å². The number of rotatable bonds is 5. The second-order valence-electron chi connectivity index (χ2n) is 8.43. The third-order valence-corrected chi connectivity index (χ3v) is 6.42. The third kappa shape index (κ3) is 4.39. The number of carbonyl (C=O) groups is 1. The van der Waals surface area contributed by atoms with Gasteiger partial charge in [0.1, 0.15) is 5.52 Å². The number of likely N-dealkylation sites (tertiary alicyclic amines) is 1. The molecular formula is C26H25ClN4O2. The molecule has 1 amide bonds. The maximum absolute atomic E-state index is 13.4. The van der Waals surface area contributed by atoms with E-state index in [0.717, 1.165) is 23.3 Å². The summed E-state index contributed by atoms with van der Waals surface area (Å²) in [6, 6.07) is 19.7. The van der Waals surface area contributed by atoms with Gasteiger partial charge in [-0.2, -0.15) is 4.98 Å². The van der Waals surface area contributed by atoms with Crippen molar-refractivity contribution in [2.24, 2.45) is 0 Å². The number of nitrogens with zero attached hydrogens (tertiary/aromatic N) is 2. The highest BCUT2D eigenvalue weighted by Crippen LogP contribution is 2.28. The fourth-order valence-electron chi connectivity index (χ4n) is 4.18. The van der Waals surface area contributed by atoms with Gasteiger partial charge in [0.25, 0.3) is 11.9 Å². The zero-order valence-corrected chi connectivity index (χ0v) is 19.3. The van der Waals surface area contributed by atoms with Gasteiger partial charge >= 0.3 is 0 Å². The van der Waals surface area contributed by atoms with Gasteiger partial charge in [0.05, 0.1) is 11.3 Å². The van der Waals surface area contributed by atoms with Crippen LogP contribution in [0.15, 0.2) is 65.1 Å². The highest BCUT2D eigenvalue weighted by Gasteiger charge is 2.29. The van der Waals surface area contributed by atoms with E-state index >= 15 is 0 Å². The topological polar surface area (TPSA) is 70.4 Å². The molecule has 0 aliphatic carbocycles. The molecule has 1 aliphatic rings. The minimum absolute atomic E-state index is 0.0112. The van der Waals surface area contributed by atoms with Crippen LogP contribution in [0.1, 0.15) is 27.9 Å². The molecule has 1 aromatic heterocycles. The van der Waals surface area contributed by atoms with Crippen molar-refractivity contribution >= 4 is 46.0 Å². The van der Waals surface area contributed by atoms with Crippen LogP contribution in [0.25, 0.3) is 11.1 Å². The van der Waals surface area contributed by atoms with Crippen LogP contribution in [0, 0.1) is 13.8 Å². The first-order chi connectivity index (χ1) is 16.0. The standard InChI is InChI=1S/C26H25ClN4O2/c1-16-6-5-9-21(17(16)2)29-22-8-4-3-7-20(22)25(32)31-13-12-19(15-31)28-26-30-23-11-10-18(27)14-24(23)33-26/h3-11,14,19,29H,12-13,15H2,1-2H3,(H,28,30)/t19-/m1/s1. The SMILES string of the molecule is Cc1cccc(Nc2ccccc2C(=O)N2CC[C@@H](Nc3nc4ccc(Cl)cc4o3)C2)c1C. The Kier molecular flexibility index (Phi) is 5.68. The summed E-state index contributed by atoms with van der Waals surface area (Å²) in [5.74, 6) is 0.0112. The lowest BCUT2D eigenvalue weighted by Crippen LogP contribution is -2.32. The van der Waals surface area contributed by atoms with Crippen molar-refractivity contribution in [2.45, 2.75) is 26.3 Å². The second kappa shape index (κ2) is 8.79. The summed E-state index contributed by atoms with van der Waals surface area (Å²) in [7, 11) is 0. The lowest BCUT2D eigenvalue weighted by Gasteiger charge is -2.20. The molecule has 0 saturated carbocycles. The summed E-state index contributed by atoms with van der Waals surface area (Å²) < 4.78 is 5.78. The van der Waals surface area contributed by atoms with Gasteiger partial charge in [-0.15, -0.1) is 0 Å². The van der Waals surface area contributed by atoms with Crippen molar-refractivity contribution in [3.63, 3.8) is 0 Å². The highest BCUT2D eigenvalue weighted by molar-refractivity contribution is 6.31. The number of aromatic nitrogens is 1. The molecule has 2 heterocycles. The Labute approximate surface area is 197 Å². The molecule has 1 saturated heterocycles. The maximum atomic E-state index is 13.4. The van der Waals surface area contributed by atoms with E-state index in [4.69, 9.17) is 16.0 Å². The quantitative estimate of drug-likeness (QED) is 0.372. The number of anilines is 3. The molecule has 0 unspecified atom stereocenters. The largest absolute Gasteiger partial charge is 0.423 e. The average molecular weight is 461 g/mol. The molecule has 7 heteroatoms. The number of oxazole rings is 1. The van der Waals surface area contributed by atoms with Crippen LogP contribution in [0.4, 0.5) is 17.4 Å². The molecule has 3 aromatic carbocycles. The van der Waals surface area contributed by atoms with Crippen LogP contribution < -0.4 is 10.6 Å². The lowest BCUT2D eigenvalue weighted by atomic mass is 10.1. The van der Waals surface area contributed by atoms with Crippen molar-refractivity contribution in [1.82, 2.24) is 9.88 Å². The van der Waals surface area contributed by atoms with Crippen LogP contribution in [0.3, 0.4) is 0 Å². The minimum atomic E-state index is 0.0112. The Hall–Kier alpha value is -3.51. The molecule has 4 aromatic rings. The van der Waals surface area contributed by atoms with Gasteiger partial charge < -0.3 is 20.0 Å². The number of halogens is 1. The van der Waals surface area contributed by atoms with Gasteiger partial charge in [-0.3, -0.25) is 4.79 Å². The van der Waals surface area contributed by atoms with Crippen LogP contribution in [-0.4, -0.2) is 34.9 Å². The van der Waals surface area contributed by atoms with Gasteiger partial charge in [0.15, 0.2) is 5.58 Å². The highest BCUT2D eigenvalue weighted by atomic mass is 35.5. The van der Waals surface area contributed by atoms with E-state index in [2.05, 4.69) is 35.5 Å². The second-order valence-corrected chi connectivity index (χ2v) is 8.87. The van der Waals surface area contributed by atoms with Crippen LogP contribution in [0.5, 0.6) is 0 Å². The van der Waals surface area contributed by atoms with Crippen LogP contribution in [-0.2, 0) is 0 Å². The number of aryl methyl sites for hydroxylation is 1. The number of amides is 1. The lowest BCUT2D eigenvalue weighted by molar-refractivity contribution is 0.0792. The predicted molar refractivity (Wildman–Crippen MR) is 133 cm³/mol. The van der Waals surface area contributed by atoms with E-state index in [9.17, 15) is 4.79 Å². The van der Waals surface area contributed by atoms with E-state index < -0.39 is 0 Å². The first-order valence-corrected chi connectivity index (χ1v) is 11.4. The van der Waals surface area contributed by atoms with E-state index in [-0.39, 0.29) is 11.9 Å². The molecule has 0 radical (unpaired) electrons. The monoisotopic (exact) mass is 460 g/mol. The summed E-state index contributed by atoms with van der Waals surface area (Å²) in [4.78, 5) is 19.7. The van der Waals surface area contributed by atoms with Crippen molar-refractivity contribution in [3.8, 4) is 0 Å². The van der Waals surface area contributed by atoms with Crippen LogP contribution in [0.2, 0.25) is 5.02 Å². The third-order valence-electron chi connectivity index (χ3n) is 6.18. The molecule has 0 bridgehead atoms. The number of benzene rings is 3. The first-order valence-electron chi connectivity index (χ1n) is 11.0. The molecule has 0 spiro atoms. The Bertz CT molecular complexity index is 1330. The Morgan fingerprint density at radius 3 is 2.79 bits per heavy atom. The van der Waals surface area contributed by atoms with Gasteiger partial charge in [-0.05, 0) is 61.7 Å². The minimum Gasteiger partial charge on any atom is -0.423 e. The number of hydrogen-bond donors (Lipinski definition) is 2. The van der Waals surface area contributed by atoms with Gasteiger partial charge in [-0.25, -0.2) is 0 Å². The number of fused-ring (bicyclic) bond motifs is 1. The molecule has 1 aliphatic heterocycles. The summed E-state index contributed by atoms with van der Waals surface area (Å²) >= 11 is 6.03. The van der Waals surface area contributed by atoms with Crippen molar-refractivity contribution in [2.75, 3.05) is 23.7 Å².